The number of hydrogen-bond donors (Lipinski definition) is 0. The van der Waals surface area contributed by atoms with Crippen LogP contribution in [0.15, 0.2) is 18.2 Å². The van der Waals surface area contributed by atoms with Gasteiger partial charge >= 0.3 is 0 Å². The fourth-order valence-electron chi connectivity index (χ4n) is 3.43. The van der Waals surface area contributed by atoms with Crippen LogP contribution in [0.3, 0.4) is 0 Å². The maximum atomic E-state index is 12.7. The summed E-state index contributed by atoms with van der Waals surface area (Å²) < 4.78 is 5.82. The number of aryl methyl sites for hydroxylation is 1. The van der Waals surface area contributed by atoms with Crippen LogP contribution in [-0.4, -0.2) is 42.5 Å². The summed E-state index contributed by atoms with van der Waals surface area (Å²) in [7, 11) is 0. The van der Waals surface area contributed by atoms with Gasteiger partial charge in [0.25, 0.3) is 0 Å². The molecule has 0 radical (unpaired) electrons. The lowest BCUT2D eigenvalue weighted by Crippen LogP contribution is -2.43. The molecule has 3 rings (SSSR count). The van der Waals surface area contributed by atoms with Crippen molar-refractivity contribution < 1.29 is 14.3 Å². The Labute approximate surface area is 143 Å². The number of benzene rings is 1. The fraction of sp³-hybridized carbons (Fsp3) is 0.579. The molecule has 2 aliphatic rings. The first-order chi connectivity index (χ1) is 11.5. The van der Waals surface area contributed by atoms with Gasteiger partial charge in [-0.05, 0) is 50.8 Å². The minimum Gasteiger partial charge on any atom is -0.487 e. The van der Waals surface area contributed by atoms with Gasteiger partial charge in [-0.1, -0.05) is 6.07 Å². The lowest BCUT2D eigenvalue weighted by Gasteiger charge is -2.34. The van der Waals surface area contributed by atoms with E-state index < -0.39 is 0 Å². The zero-order chi connectivity index (χ0) is 17.1. The molecule has 0 aromatic heterocycles. The Hall–Kier alpha value is -2.04. The van der Waals surface area contributed by atoms with Gasteiger partial charge in [-0.2, -0.15) is 0 Å². The van der Waals surface area contributed by atoms with Gasteiger partial charge in [0, 0.05) is 25.9 Å². The molecule has 1 aromatic carbocycles. The Morgan fingerprint density at radius 1 is 1.12 bits per heavy atom. The van der Waals surface area contributed by atoms with Gasteiger partial charge in [0.1, 0.15) is 11.9 Å². The maximum absolute atomic E-state index is 12.7. The normalized spacial score (nSPS) is 20.3. The summed E-state index contributed by atoms with van der Waals surface area (Å²) in [6.45, 7) is 6.17. The van der Waals surface area contributed by atoms with E-state index in [-0.39, 0.29) is 24.3 Å². The second kappa shape index (κ2) is 7.24. The van der Waals surface area contributed by atoms with E-state index in [0.717, 1.165) is 42.9 Å². The van der Waals surface area contributed by atoms with Crippen LogP contribution in [0.25, 0.3) is 0 Å². The van der Waals surface area contributed by atoms with Gasteiger partial charge < -0.3 is 14.5 Å². The molecule has 0 aliphatic carbocycles. The number of nitrogens with zero attached hydrogens (tertiary/aromatic N) is 2. The lowest BCUT2D eigenvalue weighted by molar-refractivity contribution is -0.134. The number of amides is 2. The Balaban J connectivity index is 1.64. The van der Waals surface area contributed by atoms with E-state index in [1.807, 2.05) is 36.9 Å². The Morgan fingerprint density at radius 2 is 1.83 bits per heavy atom. The van der Waals surface area contributed by atoms with Gasteiger partial charge in [-0.3, -0.25) is 9.59 Å². The molecular formula is C19H26N2O3. The highest BCUT2D eigenvalue weighted by Crippen LogP contribution is 2.34. The van der Waals surface area contributed by atoms with Crippen LogP contribution < -0.4 is 9.64 Å². The smallest absolute Gasteiger partial charge is 0.227 e. The van der Waals surface area contributed by atoms with Gasteiger partial charge in [-0.25, -0.2) is 0 Å². The highest BCUT2D eigenvalue weighted by atomic mass is 16.5. The molecule has 2 amide bonds. The number of hydrogen-bond acceptors (Lipinski definition) is 3. The number of likely N-dealkylation sites (tertiary alicyclic amines) is 1. The van der Waals surface area contributed by atoms with E-state index in [1.54, 1.807) is 4.90 Å². The van der Waals surface area contributed by atoms with Crippen molar-refractivity contribution in [3.63, 3.8) is 0 Å². The van der Waals surface area contributed by atoms with E-state index in [0.29, 0.717) is 13.0 Å². The maximum Gasteiger partial charge on any atom is 0.227 e. The van der Waals surface area contributed by atoms with Gasteiger partial charge in [0.05, 0.1) is 12.2 Å². The largest absolute Gasteiger partial charge is 0.487 e. The summed E-state index contributed by atoms with van der Waals surface area (Å²) in [5.41, 5.74) is 1.91. The van der Waals surface area contributed by atoms with Crippen molar-refractivity contribution in [2.45, 2.75) is 52.1 Å². The van der Waals surface area contributed by atoms with Crippen LogP contribution >= 0.6 is 0 Å². The monoisotopic (exact) mass is 330 g/mol. The van der Waals surface area contributed by atoms with Gasteiger partial charge in [0.15, 0.2) is 0 Å². The van der Waals surface area contributed by atoms with Crippen molar-refractivity contribution in [2.75, 3.05) is 24.5 Å². The first-order valence-corrected chi connectivity index (χ1v) is 8.90. The Bertz CT molecular complexity index is 623. The molecule has 2 aliphatic heterocycles. The molecule has 24 heavy (non-hydrogen) atoms. The molecule has 2 heterocycles. The van der Waals surface area contributed by atoms with Crippen LogP contribution in [0.1, 0.15) is 44.6 Å². The van der Waals surface area contributed by atoms with Crippen molar-refractivity contribution in [2.24, 2.45) is 0 Å². The van der Waals surface area contributed by atoms with Crippen LogP contribution in [0.5, 0.6) is 5.75 Å². The number of anilines is 1. The van der Waals surface area contributed by atoms with Crippen molar-refractivity contribution in [3.8, 4) is 5.75 Å². The molecule has 1 fully saturated rings. The predicted molar refractivity (Wildman–Crippen MR) is 93.3 cm³/mol. The number of rotatable bonds is 3. The SMILES string of the molecule is Cc1ccc2c(c1)N(C(=O)CCC(=O)N1CCCCC1)CC(C)O2. The third-order valence-corrected chi connectivity index (χ3v) is 4.74. The molecule has 0 spiro atoms. The first-order valence-electron chi connectivity index (χ1n) is 8.90. The molecule has 1 aromatic rings. The van der Waals surface area contributed by atoms with Gasteiger partial charge in [-0.15, -0.1) is 0 Å². The van der Waals surface area contributed by atoms with Crippen LogP contribution in [-0.2, 0) is 9.59 Å². The van der Waals surface area contributed by atoms with Gasteiger partial charge in [0.2, 0.25) is 11.8 Å². The summed E-state index contributed by atoms with van der Waals surface area (Å²) in [6, 6.07) is 5.88. The molecule has 1 saturated heterocycles. The zero-order valence-corrected chi connectivity index (χ0v) is 14.6. The van der Waals surface area contributed by atoms with E-state index in [2.05, 4.69) is 0 Å². The number of piperidine rings is 1. The second-order valence-corrected chi connectivity index (χ2v) is 6.85. The summed E-state index contributed by atoms with van der Waals surface area (Å²) >= 11 is 0. The number of ether oxygens (including phenoxy) is 1. The average Bonchev–Trinajstić information content (AvgIpc) is 2.59. The lowest BCUT2D eigenvalue weighted by atomic mass is 10.1. The molecular weight excluding hydrogens is 304 g/mol. The molecule has 0 N–H and O–H groups in total. The summed E-state index contributed by atoms with van der Waals surface area (Å²) in [6.07, 6.45) is 3.87. The van der Waals surface area contributed by atoms with Crippen molar-refractivity contribution in [1.82, 2.24) is 4.90 Å². The standard InChI is InChI=1S/C19H26N2O3/c1-14-6-7-17-16(12-14)21(13-15(2)24-17)19(23)9-8-18(22)20-10-4-3-5-11-20/h6-7,12,15H,3-5,8-11,13H2,1-2H3. The molecule has 5 nitrogen and oxygen atoms in total. The van der Waals surface area contributed by atoms with Crippen LogP contribution in [0.2, 0.25) is 0 Å². The number of carbonyl (C=O) groups is 2. The predicted octanol–water partition coefficient (Wildman–Crippen LogP) is 2.90. The van der Waals surface area contributed by atoms with E-state index in [1.165, 1.54) is 6.42 Å². The summed E-state index contributed by atoms with van der Waals surface area (Å²) in [5, 5.41) is 0. The molecule has 5 heteroatoms. The van der Waals surface area contributed by atoms with E-state index in [4.69, 9.17) is 4.74 Å². The fourth-order valence-corrected chi connectivity index (χ4v) is 3.43. The van der Waals surface area contributed by atoms with Crippen LogP contribution in [0, 0.1) is 6.92 Å². The highest BCUT2D eigenvalue weighted by Gasteiger charge is 2.28. The number of fused-ring (bicyclic) bond motifs is 1. The van der Waals surface area contributed by atoms with E-state index >= 15 is 0 Å². The zero-order valence-electron chi connectivity index (χ0n) is 14.6. The molecule has 0 bridgehead atoms. The van der Waals surface area contributed by atoms with E-state index in [9.17, 15) is 9.59 Å². The topological polar surface area (TPSA) is 49.9 Å². The van der Waals surface area contributed by atoms with Crippen LogP contribution in [0.4, 0.5) is 5.69 Å². The number of carbonyl (C=O) groups excluding carboxylic acids is 2. The molecule has 1 atom stereocenters. The first kappa shape index (κ1) is 16.8. The van der Waals surface area contributed by atoms with Crippen molar-refractivity contribution in [3.05, 3.63) is 23.8 Å². The molecule has 130 valence electrons. The third-order valence-electron chi connectivity index (χ3n) is 4.74. The summed E-state index contributed by atoms with van der Waals surface area (Å²) in [5.74, 6) is 0.853. The molecule has 0 saturated carbocycles. The third kappa shape index (κ3) is 3.71. The minimum atomic E-state index is -0.0399. The van der Waals surface area contributed by atoms with Crippen molar-refractivity contribution in [1.29, 1.82) is 0 Å². The summed E-state index contributed by atoms with van der Waals surface area (Å²) in [4.78, 5) is 28.7. The highest BCUT2D eigenvalue weighted by molar-refractivity contribution is 5.97. The quantitative estimate of drug-likeness (QED) is 0.856. The Morgan fingerprint density at radius 3 is 2.58 bits per heavy atom. The Kier molecular flexibility index (Phi) is 5.07. The van der Waals surface area contributed by atoms with Crippen molar-refractivity contribution >= 4 is 17.5 Å². The second-order valence-electron chi connectivity index (χ2n) is 6.85. The average molecular weight is 330 g/mol. The molecule has 1 unspecified atom stereocenters. The minimum absolute atomic E-state index is 0.00218.